The average molecular weight is 162 g/mol. The molecular weight excluding hydrogens is 148 g/mol. The summed E-state index contributed by atoms with van der Waals surface area (Å²) in [5.74, 6) is 0. The number of aliphatic hydroxyl groups is 1. The summed E-state index contributed by atoms with van der Waals surface area (Å²) in [4.78, 5) is 0. The third-order valence-corrected chi connectivity index (χ3v) is 1.71. The van der Waals surface area contributed by atoms with Crippen molar-refractivity contribution >= 4 is 0 Å². The van der Waals surface area contributed by atoms with Gasteiger partial charge in [-0.15, -0.1) is 0 Å². The molecule has 64 valence electrons. The van der Waals surface area contributed by atoms with E-state index in [-0.39, 0.29) is 6.61 Å². The Bertz CT molecular complexity index is 221. The minimum absolute atomic E-state index is 0.215. The Balaban J connectivity index is 0.000000127. The molecule has 12 heavy (non-hydrogen) atoms. The van der Waals surface area contributed by atoms with Crippen LogP contribution in [0.2, 0.25) is 0 Å². The standard InChI is InChI=1S/C6H8O.C5H6/c7-5-6-3-1-2-4-6;1-2-4-5-3-1/h1-3,7H,4-5H2;1-4H,5H2. The van der Waals surface area contributed by atoms with Gasteiger partial charge in [-0.2, -0.15) is 0 Å². The first-order valence-electron chi connectivity index (χ1n) is 4.20. The van der Waals surface area contributed by atoms with Crippen LogP contribution in [0.25, 0.3) is 0 Å². The topological polar surface area (TPSA) is 20.2 Å². The third kappa shape index (κ3) is 3.35. The maximum Gasteiger partial charge on any atom is 0.0647 e. The fraction of sp³-hybridized carbons (Fsp3) is 0.273. The summed E-state index contributed by atoms with van der Waals surface area (Å²) in [5.41, 5.74) is 1.11. The molecule has 2 aliphatic carbocycles. The Morgan fingerprint density at radius 3 is 2.08 bits per heavy atom. The molecule has 0 spiro atoms. The molecule has 1 heteroatoms. The number of allylic oxidation sites excluding steroid dienone is 7. The molecule has 0 radical (unpaired) electrons. The molecule has 0 fully saturated rings. The second-order valence-electron chi connectivity index (χ2n) is 2.71. The highest BCUT2D eigenvalue weighted by molar-refractivity contribution is 5.22. The van der Waals surface area contributed by atoms with Gasteiger partial charge in [0.15, 0.2) is 0 Å². The molecule has 0 aliphatic heterocycles. The molecule has 2 aliphatic rings. The first-order chi connectivity index (χ1) is 5.93. The fourth-order valence-corrected chi connectivity index (χ4v) is 1.00. The first kappa shape index (κ1) is 9.01. The molecule has 2 rings (SSSR count). The second kappa shape index (κ2) is 5.56. The van der Waals surface area contributed by atoms with Crippen LogP contribution in [-0.4, -0.2) is 11.7 Å². The summed E-state index contributed by atoms with van der Waals surface area (Å²) < 4.78 is 0. The first-order valence-corrected chi connectivity index (χ1v) is 4.20. The zero-order valence-electron chi connectivity index (χ0n) is 7.11. The van der Waals surface area contributed by atoms with Crippen LogP contribution in [0.5, 0.6) is 0 Å². The van der Waals surface area contributed by atoms with Gasteiger partial charge in [0.1, 0.15) is 0 Å². The molecular formula is C11H14O. The van der Waals surface area contributed by atoms with Crippen molar-refractivity contribution < 1.29 is 5.11 Å². The van der Waals surface area contributed by atoms with E-state index in [0.717, 1.165) is 18.4 Å². The van der Waals surface area contributed by atoms with E-state index in [4.69, 9.17) is 5.11 Å². The molecule has 0 bridgehead atoms. The molecule has 0 atom stereocenters. The Labute approximate surface area is 73.4 Å². The monoisotopic (exact) mass is 162 g/mol. The van der Waals surface area contributed by atoms with Crippen molar-refractivity contribution in [1.29, 1.82) is 0 Å². The summed E-state index contributed by atoms with van der Waals surface area (Å²) in [5, 5.41) is 8.46. The van der Waals surface area contributed by atoms with Gasteiger partial charge in [-0.05, 0) is 18.4 Å². The fourth-order valence-electron chi connectivity index (χ4n) is 1.00. The number of rotatable bonds is 1. The summed E-state index contributed by atoms with van der Waals surface area (Å²) in [6.45, 7) is 0.215. The maximum atomic E-state index is 8.46. The van der Waals surface area contributed by atoms with E-state index in [1.165, 1.54) is 0 Å². The number of hydrogen-bond acceptors (Lipinski definition) is 1. The minimum Gasteiger partial charge on any atom is -0.392 e. The molecule has 0 amide bonds. The minimum atomic E-state index is 0.215. The van der Waals surface area contributed by atoms with Crippen molar-refractivity contribution in [1.82, 2.24) is 0 Å². The van der Waals surface area contributed by atoms with Gasteiger partial charge in [0.2, 0.25) is 0 Å². The quantitative estimate of drug-likeness (QED) is 0.627. The maximum absolute atomic E-state index is 8.46. The van der Waals surface area contributed by atoms with Crippen LogP contribution >= 0.6 is 0 Å². The van der Waals surface area contributed by atoms with Crippen molar-refractivity contribution in [2.24, 2.45) is 0 Å². The zero-order chi connectivity index (χ0) is 8.65. The van der Waals surface area contributed by atoms with Crippen LogP contribution < -0.4 is 0 Å². The Morgan fingerprint density at radius 2 is 1.83 bits per heavy atom. The Kier molecular flexibility index (Phi) is 4.17. The Morgan fingerprint density at radius 1 is 1.08 bits per heavy atom. The van der Waals surface area contributed by atoms with Gasteiger partial charge in [0.25, 0.3) is 0 Å². The smallest absolute Gasteiger partial charge is 0.0647 e. The lowest BCUT2D eigenvalue weighted by Gasteiger charge is -1.88. The summed E-state index contributed by atoms with van der Waals surface area (Å²) in [6.07, 6.45) is 16.4. The molecule has 0 heterocycles. The van der Waals surface area contributed by atoms with Gasteiger partial charge in [-0.3, -0.25) is 0 Å². The molecule has 0 aromatic carbocycles. The van der Waals surface area contributed by atoms with Gasteiger partial charge in [-0.25, -0.2) is 0 Å². The highest BCUT2D eigenvalue weighted by atomic mass is 16.3. The molecule has 0 saturated heterocycles. The predicted octanol–water partition coefficient (Wildman–Crippen LogP) is 2.37. The van der Waals surface area contributed by atoms with E-state index in [0.29, 0.717) is 0 Å². The average Bonchev–Trinajstić information content (AvgIpc) is 2.81. The predicted molar refractivity (Wildman–Crippen MR) is 51.8 cm³/mol. The largest absolute Gasteiger partial charge is 0.392 e. The van der Waals surface area contributed by atoms with E-state index in [1.54, 1.807) is 0 Å². The lowest BCUT2D eigenvalue weighted by atomic mass is 10.3. The summed E-state index contributed by atoms with van der Waals surface area (Å²) in [7, 11) is 0. The van der Waals surface area contributed by atoms with E-state index in [2.05, 4.69) is 24.3 Å². The van der Waals surface area contributed by atoms with E-state index in [9.17, 15) is 0 Å². The molecule has 1 N–H and O–H groups in total. The van der Waals surface area contributed by atoms with Gasteiger partial charge in [0, 0.05) is 0 Å². The van der Waals surface area contributed by atoms with Gasteiger partial charge >= 0.3 is 0 Å². The number of hydrogen-bond donors (Lipinski definition) is 1. The second-order valence-corrected chi connectivity index (χ2v) is 2.71. The van der Waals surface area contributed by atoms with Crippen LogP contribution in [0.15, 0.2) is 48.1 Å². The van der Waals surface area contributed by atoms with Crippen LogP contribution in [-0.2, 0) is 0 Å². The van der Waals surface area contributed by atoms with Gasteiger partial charge in [0.05, 0.1) is 6.61 Å². The summed E-state index contributed by atoms with van der Waals surface area (Å²) in [6, 6.07) is 0. The van der Waals surface area contributed by atoms with Gasteiger partial charge < -0.3 is 5.11 Å². The zero-order valence-corrected chi connectivity index (χ0v) is 7.11. The lowest BCUT2D eigenvalue weighted by Crippen LogP contribution is -1.82. The van der Waals surface area contributed by atoms with Gasteiger partial charge in [-0.1, -0.05) is 42.5 Å². The van der Waals surface area contributed by atoms with E-state index in [1.807, 2.05) is 18.2 Å². The molecule has 0 saturated carbocycles. The van der Waals surface area contributed by atoms with Crippen molar-refractivity contribution in [3.63, 3.8) is 0 Å². The third-order valence-electron chi connectivity index (χ3n) is 1.71. The summed E-state index contributed by atoms with van der Waals surface area (Å²) >= 11 is 0. The molecule has 0 unspecified atom stereocenters. The number of aliphatic hydroxyl groups excluding tert-OH is 1. The highest BCUT2D eigenvalue weighted by Crippen LogP contribution is 2.07. The van der Waals surface area contributed by atoms with E-state index >= 15 is 0 Å². The van der Waals surface area contributed by atoms with Crippen molar-refractivity contribution in [2.75, 3.05) is 6.61 Å². The molecule has 0 aromatic heterocycles. The Hall–Kier alpha value is -1.08. The molecule has 0 aromatic rings. The van der Waals surface area contributed by atoms with Crippen LogP contribution in [0, 0.1) is 0 Å². The van der Waals surface area contributed by atoms with E-state index < -0.39 is 0 Å². The van der Waals surface area contributed by atoms with Crippen molar-refractivity contribution in [3.05, 3.63) is 48.1 Å². The van der Waals surface area contributed by atoms with Crippen molar-refractivity contribution in [2.45, 2.75) is 12.8 Å². The SMILES string of the molecule is C1=CCC=C1.OCC1=CC=CC1. The normalized spacial score (nSPS) is 17.6. The van der Waals surface area contributed by atoms with Crippen LogP contribution in [0.3, 0.4) is 0 Å². The van der Waals surface area contributed by atoms with Crippen molar-refractivity contribution in [3.8, 4) is 0 Å². The lowest BCUT2D eigenvalue weighted by molar-refractivity contribution is 0.329. The van der Waals surface area contributed by atoms with Crippen LogP contribution in [0.4, 0.5) is 0 Å². The van der Waals surface area contributed by atoms with Crippen LogP contribution in [0.1, 0.15) is 12.8 Å². The highest BCUT2D eigenvalue weighted by Gasteiger charge is 1.93. The molecule has 1 nitrogen and oxygen atoms in total.